The van der Waals surface area contributed by atoms with Gasteiger partial charge in [-0.15, -0.1) is 0 Å². The summed E-state index contributed by atoms with van der Waals surface area (Å²) < 4.78 is 5.83. The summed E-state index contributed by atoms with van der Waals surface area (Å²) in [6.07, 6.45) is 2.92. The molecule has 0 bridgehead atoms. The van der Waals surface area contributed by atoms with Crippen molar-refractivity contribution >= 4 is 39.4 Å². The molecule has 2 rings (SSSR count). The Hall–Kier alpha value is -1.27. The van der Waals surface area contributed by atoms with Crippen molar-refractivity contribution in [2.75, 3.05) is 18.2 Å². The number of pyridine rings is 1. The van der Waals surface area contributed by atoms with Crippen molar-refractivity contribution in [1.29, 1.82) is 0 Å². The van der Waals surface area contributed by atoms with Crippen LogP contribution in [0.3, 0.4) is 0 Å². The molecular formula is C11H11BrClN3O2. The lowest BCUT2D eigenvalue weighted by molar-refractivity contribution is 0.113. The Balaban J connectivity index is 2.29. The SMILES string of the molecule is CCOC(=O)N1CC(Br)=CN1c1ncccc1Cl. The first-order chi connectivity index (χ1) is 8.63. The normalized spacial score (nSPS) is 14.7. The second-order valence-electron chi connectivity index (χ2n) is 3.49. The first-order valence-corrected chi connectivity index (χ1v) is 6.50. The largest absolute Gasteiger partial charge is 0.448 e. The maximum Gasteiger partial charge on any atom is 0.429 e. The van der Waals surface area contributed by atoms with Crippen LogP contribution in [-0.4, -0.2) is 29.2 Å². The summed E-state index contributed by atoms with van der Waals surface area (Å²) in [4.78, 5) is 16.0. The molecule has 0 radical (unpaired) electrons. The summed E-state index contributed by atoms with van der Waals surface area (Å²) in [5, 5.41) is 3.46. The fraction of sp³-hybridized carbons (Fsp3) is 0.273. The smallest absolute Gasteiger partial charge is 0.429 e. The van der Waals surface area contributed by atoms with E-state index in [1.807, 2.05) is 0 Å². The van der Waals surface area contributed by atoms with E-state index >= 15 is 0 Å². The van der Waals surface area contributed by atoms with Crippen molar-refractivity contribution in [3.63, 3.8) is 0 Å². The van der Waals surface area contributed by atoms with E-state index in [0.29, 0.717) is 24.0 Å². The number of anilines is 1. The molecule has 1 aliphatic rings. The molecule has 0 saturated carbocycles. The van der Waals surface area contributed by atoms with Crippen molar-refractivity contribution in [3.8, 4) is 0 Å². The van der Waals surface area contributed by atoms with Gasteiger partial charge in [-0.25, -0.2) is 19.8 Å². The third-order valence-electron chi connectivity index (χ3n) is 2.26. The Morgan fingerprint density at radius 3 is 3.11 bits per heavy atom. The van der Waals surface area contributed by atoms with Crippen molar-refractivity contribution in [2.24, 2.45) is 0 Å². The van der Waals surface area contributed by atoms with Gasteiger partial charge in [0.25, 0.3) is 0 Å². The molecule has 5 nitrogen and oxygen atoms in total. The fourth-order valence-corrected chi connectivity index (χ4v) is 2.17. The minimum absolute atomic E-state index is 0.316. The topological polar surface area (TPSA) is 45.7 Å². The molecule has 0 aliphatic carbocycles. The van der Waals surface area contributed by atoms with Crippen molar-refractivity contribution in [2.45, 2.75) is 6.92 Å². The molecule has 7 heteroatoms. The van der Waals surface area contributed by atoms with Gasteiger partial charge in [-0.1, -0.05) is 27.5 Å². The summed E-state index contributed by atoms with van der Waals surface area (Å²) in [5.74, 6) is 0.488. The van der Waals surface area contributed by atoms with Gasteiger partial charge in [0, 0.05) is 16.9 Å². The van der Waals surface area contributed by atoms with Crippen LogP contribution in [0.5, 0.6) is 0 Å². The van der Waals surface area contributed by atoms with Gasteiger partial charge in [0.1, 0.15) is 0 Å². The zero-order valence-corrected chi connectivity index (χ0v) is 12.0. The molecule has 1 amide bonds. The maximum atomic E-state index is 11.8. The monoisotopic (exact) mass is 331 g/mol. The maximum absolute atomic E-state index is 11.8. The van der Waals surface area contributed by atoms with Gasteiger partial charge >= 0.3 is 6.09 Å². The summed E-state index contributed by atoms with van der Waals surface area (Å²) >= 11 is 9.43. The highest BCUT2D eigenvalue weighted by atomic mass is 79.9. The van der Waals surface area contributed by atoms with Gasteiger partial charge < -0.3 is 4.74 Å². The highest BCUT2D eigenvalue weighted by molar-refractivity contribution is 9.11. The predicted molar refractivity (Wildman–Crippen MR) is 72.5 cm³/mol. The highest BCUT2D eigenvalue weighted by Crippen LogP contribution is 2.30. The number of hydrazine groups is 1. The van der Waals surface area contributed by atoms with Crippen LogP contribution in [0, 0.1) is 0 Å². The van der Waals surface area contributed by atoms with Crippen LogP contribution in [0.4, 0.5) is 10.6 Å². The molecular weight excluding hydrogens is 321 g/mol. The zero-order valence-electron chi connectivity index (χ0n) is 9.64. The molecule has 0 unspecified atom stereocenters. The van der Waals surface area contributed by atoms with Crippen LogP contribution < -0.4 is 5.01 Å². The van der Waals surface area contributed by atoms with Crippen LogP contribution in [0.1, 0.15) is 6.92 Å². The van der Waals surface area contributed by atoms with Crippen LogP contribution in [-0.2, 0) is 4.74 Å². The number of carbonyl (C=O) groups is 1. The molecule has 0 saturated heterocycles. The van der Waals surface area contributed by atoms with Gasteiger partial charge in [-0.3, -0.25) is 0 Å². The van der Waals surface area contributed by atoms with Crippen molar-refractivity contribution < 1.29 is 9.53 Å². The lowest BCUT2D eigenvalue weighted by Crippen LogP contribution is -2.41. The Labute approximate surface area is 118 Å². The molecule has 0 N–H and O–H groups in total. The van der Waals surface area contributed by atoms with Crippen LogP contribution in [0.15, 0.2) is 29.0 Å². The van der Waals surface area contributed by atoms with E-state index in [1.165, 1.54) is 5.01 Å². The van der Waals surface area contributed by atoms with Gasteiger partial charge in [0.2, 0.25) is 0 Å². The summed E-state index contributed by atoms with van der Waals surface area (Å²) in [6.45, 7) is 2.47. The summed E-state index contributed by atoms with van der Waals surface area (Å²) in [6, 6.07) is 3.45. The molecule has 1 aromatic rings. The van der Waals surface area contributed by atoms with Gasteiger partial charge in [-0.05, 0) is 19.1 Å². The quantitative estimate of drug-likeness (QED) is 0.834. The van der Waals surface area contributed by atoms with Gasteiger partial charge in [-0.2, -0.15) is 0 Å². The predicted octanol–water partition coefficient (Wildman–Crippen LogP) is 3.16. The van der Waals surface area contributed by atoms with E-state index < -0.39 is 6.09 Å². The second-order valence-corrected chi connectivity index (χ2v) is 4.91. The average molecular weight is 333 g/mol. The standard InChI is InChI=1S/C11H11BrClN3O2/c1-2-18-11(17)16-7-8(12)6-15(16)10-9(13)4-3-5-14-10/h3-6H,2,7H2,1H3. The van der Waals surface area contributed by atoms with Crippen LogP contribution >= 0.6 is 27.5 Å². The Bertz CT molecular complexity index is 495. The van der Waals surface area contributed by atoms with E-state index in [4.69, 9.17) is 16.3 Å². The molecule has 2 heterocycles. The van der Waals surface area contributed by atoms with E-state index in [2.05, 4.69) is 20.9 Å². The van der Waals surface area contributed by atoms with Crippen LogP contribution in [0.25, 0.3) is 0 Å². The van der Waals surface area contributed by atoms with Gasteiger partial charge in [0.15, 0.2) is 5.82 Å². The number of amides is 1. The number of ether oxygens (including phenoxy) is 1. The number of carbonyl (C=O) groups excluding carboxylic acids is 1. The number of rotatable bonds is 2. The second kappa shape index (κ2) is 5.58. The molecule has 1 aliphatic heterocycles. The molecule has 96 valence electrons. The molecule has 0 spiro atoms. The third-order valence-corrected chi connectivity index (χ3v) is 3.01. The molecule has 1 aromatic heterocycles. The summed E-state index contributed by atoms with van der Waals surface area (Å²) in [5.41, 5.74) is 0. The number of halogens is 2. The number of nitrogens with zero attached hydrogens (tertiary/aromatic N) is 3. The number of aromatic nitrogens is 1. The highest BCUT2D eigenvalue weighted by Gasteiger charge is 2.29. The minimum Gasteiger partial charge on any atom is -0.448 e. The van der Waals surface area contributed by atoms with E-state index in [-0.39, 0.29) is 0 Å². The minimum atomic E-state index is -0.440. The molecule has 18 heavy (non-hydrogen) atoms. The number of hydrogen-bond acceptors (Lipinski definition) is 4. The molecule has 0 aromatic carbocycles. The first-order valence-electron chi connectivity index (χ1n) is 5.33. The van der Waals surface area contributed by atoms with E-state index in [1.54, 1.807) is 36.5 Å². The summed E-state index contributed by atoms with van der Waals surface area (Å²) in [7, 11) is 0. The van der Waals surface area contributed by atoms with E-state index in [0.717, 1.165) is 4.48 Å². The van der Waals surface area contributed by atoms with Crippen LogP contribution in [0.2, 0.25) is 5.02 Å². The third kappa shape index (κ3) is 2.59. The van der Waals surface area contributed by atoms with Crippen molar-refractivity contribution in [1.82, 2.24) is 9.99 Å². The Kier molecular flexibility index (Phi) is 4.08. The number of hydrogen-bond donors (Lipinski definition) is 0. The zero-order chi connectivity index (χ0) is 13.1. The van der Waals surface area contributed by atoms with E-state index in [9.17, 15) is 4.79 Å². The first kappa shape index (κ1) is 13.2. The van der Waals surface area contributed by atoms with Crippen molar-refractivity contribution in [3.05, 3.63) is 34.0 Å². The molecule has 0 atom stereocenters. The fourth-order valence-electron chi connectivity index (χ4n) is 1.53. The Morgan fingerprint density at radius 1 is 1.67 bits per heavy atom. The Morgan fingerprint density at radius 2 is 2.44 bits per heavy atom. The average Bonchev–Trinajstić information content (AvgIpc) is 2.72. The molecule has 0 fully saturated rings. The lowest BCUT2D eigenvalue weighted by Gasteiger charge is -2.27. The lowest BCUT2D eigenvalue weighted by atomic mass is 10.4. The van der Waals surface area contributed by atoms with Gasteiger partial charge in [0.05, 0.1) is 18.2 Å².